The standard InChI is InChI=1S/C17H21FN4O3S2/c18-14-4-1-5-15(9-14)27(24,25)21-11-16(23)20-10-13-3-2-7-22(12-13)17-19-6-8-26-17/h1,4-6,8-9,13,21H,2-3,7,10-12H2,(H,20,23). The van der Waals surface area contributed by atoms with Crippen LogP contribution in [0.1, 0.15) is 12.8 Å². The molecule has 1 aromatic carbocycles. The highest BCUT2D eigenvalue weighted by Crippen LogP contribution is 2.24. The predicted molar refractivity (Wildman–Crippen MR) is 102 cm³/mol. The molecule has 0 saturated carbocycles. The lowest BCUT2D eigenvalue weighted by Crippen LogP contribution is -2.43. The zero-order valence-electron chi connectivity index (χ0n) is 14.6. The van der Waals surface area contributed by atoms with E-state index in [-0.39, 0.29) is 17.4 Å². The van der Waals surface area contributed by atoms with Crippen LogP contribution >= 0.6 is 11.3 Å². The van der Waals surface area contributed by atoms with Crippen LogP contribution < -0.4 is 14.9 Å². The first-order valence-corrected chi connectivity index (χ1v) is 11.0. The van der Waals surface area contributed by atoms with Crippen molar-refractivity contribution in [2.75, 3.05) is 31.1 Å². The number of sulfonamides is 1. The molecule has 1 fully saturated rings. The van der Waals surface area contributed by atoms with E-state index < -0.39 is 21.7 Å². The van der Waals surface area contributed by atoms with Gasteiger partial charge in [-0.05, 0) is 37.0 Å². The fourth-order valence-corrected chi connectivity index (χ4v) is 4.67. The summed E-state index contributed by atoms with van der Waals surface area (Å²) in [4.78, 5) is 18.3. The molecule has 0 radical (unpaired) electrons. The lowest BCUT2D eigenvalue weighted by molar-refractivity contribution is -0.120. The Balaban J connectivity index is 1.45. The van der Waals surface area contributed by atoms with E-state index in [1.54, 1.807) is 17.5 Å². The summed E-state index contributed by atoms with van der Waals surface area (Å²) in [6, 6.07) is 4.65. The molecular weight excluding hydrogens is 391 g/mol. The summed E-state index contributed by atoms with van der Waals surface area (Å²) in [5.74, 6) is -0.780. The third-order valence-electron chi connectivity index (χ3n) is 4.33. The van der Waals surface area contributed by atoms with Crippen LogP contribution in [0.25, 0.3) is 0 Å². The van der Waals surface area contributed by atoms with Gasteiger partial charge in [-0.3, -0.25) is 4.79 Å². The highest BCUT2D eigenvalue weighted by atomic mass is 32.2. The molecule has 0 aliphatic carbocycles. The summed E-state index contributed by atoms with van der Waals surface area (Å²) < 4.78 is 39.6. The molecule has 2 aromatic rings. The molecule has 1 unspecified atom stereocenters. The molecule has 10 heteroatoms. The van der Waals surface area contributed by atoms with E-state index in [4.69, 9.17) is 0 Å². The number of rotatable bonds is 7. The van der Waals surface area contributed by atoms with E-state index in [9.17, 15) is 17.6 Å². The largest absolute Gasteiger partial charge is 0.355 e. The number of amides is 1. The van der Waals surface area contributed by atoms with Gasteiger partial charge >= 0.3 is 0 Å². The maximum absolute atomic E-state index is 13.2. The number of aromatic nitrogens is 1. The number of benzene rings is 1. The minimum atomic E-state index is -3.93. The van der Waals surface area contributed by atoms with Gasteiger partial charge in [-0.15, -0.1) is 11.3 Å². The molecule has 1 aromatic heterocycles. The number of halogens is 1. The van der Waals surface area contributed by atoms with Crippen LogP contribution in [0, 0.1) is 11.7 Å². The molecule has 1 aliphatic rings. The first kappa shape index (κ1) is 19.7. The molecule has 0 bridgehead atoms. The van der Waals surface area contributed by atoms with Gasteiger partial charge in [-0.2, -0.15) is 0 Å². The number of hydrogen-bond donors (Lipinski definition) is 2. The van der Waals surface area contributed by atoms with Crippen molar-refractivity contribution in [3.05, 3.63) is 41.7 Å². The normalized spacial score (nSPS) is 17.7. The molecule has 27 heavy (non-hydrogen) atoms. The third-order valence-corrected chi connectivity index (χ3v) is 6.56. The zero-order chi connectivity index (χ0) is 19.3. The molecular formula is C17H21FN4O3S2. The Bertz CT molecular complexity index is 874. The number of thiazole rings is 1. The van der Waals surface area contributed by atoms with E-state index >= 15 is 0 Å². The lowest BCUT2D eigenvalue weighted by atomic mass is 9.98. The summed E-state index contributed by atoms with van der Waals surface area (Å²) in [7, 11) is -3.93. The second-order valence-electron chi connectivity index (χ2n) is 6.35. The van der Waals surface area contributed by atoms with Gasteiger partial charge in [0.1, 0.15) is 5.82 Å². The number of anilines is 1. The molecule has 0 spiro atoms. The second-order valence-corrected chi connectivity index (χ2v) is 8.99. The van der Waals surface area contributed by atoms with E-state index in [0.717, 1.165) is 43.2 Å². The van der Waals surface area contributed by atoms with Gasteiger partial charge in [0.15, 0.2) is 5.13 Å². The Hall–Kier alpha value is -2.04. The van der Waals surface area contributed by atoms with Crippen LogP contribution in [0.4, 0.5) is 9.52 Å². The number of nitrogens with one attached hydrogen (secondary N) is 2. The maximum atomic E-state index is 13.2. The highest BCUT2D eigenvalue weighted by Gasteiger charge is 2.22. The summed E-state index contributed by atoms with van der Waals surface area (Å²) in [5.41, 5.74) is 0. The Morgan fingerprint density at radius 3 is 3.00 bits per heavy atom. The molecule has 3 rings (SSSR count). The molecule has 2 heterocycles. The van der Waals surface area contributed by atoms with Crippen LogP contribution in [-0.2, 0) is 14.8 Å². The number of hydrogen-bond acceptors (Lipinski definition) is 6. The van der Waals surface area contributed by atoms with Crippen LogP contribution in [0.15, 0.2) is 40.7 Å². The number of nitrogens with zero attached hydrogens (tertiary/aromatic N) is 2. The Kier molecular flexibility index (Phi) is 6.40. The first-order chi connectivity index (χ1) is 12.9. The topological polar surface area (TPSA) is 91.4 Å². The van der Waals surface area contributed by atoms with Crippen LogP contribution in [-0.4, -0.2) is 45.5 Å². The molecule has 7 nitrogen and oxygen atoms in total. The maximum Gasteiger partial charge on any atom is 0.241 e. The monoisotopic (exact) mass is 412 g/mol. The van der Waals surface area contributed by atoms with Crippen LogP contribution in [0.5, 0.6) is 0 Å². The van der Waals surface area contributed by atoms with Crippen molar-refractivity contribution in [3.8, 4) is 0 Å². The number of carbonyl (C=O) groups is 1. The molecule has 1 saturated heterocycles. The quantitative estimate of drug-likeness (QED) is 0.721. The van der Waals surface area contributed by atoms with Gasteiger partial charge in [0.25, 0.3) is 0 Å². The summed E-state index contributed by atoms with van der Waals surface area (Å²) in [6.07, 6.45) is 3.79. The highest BCUT2D eigenvalue weighted by molar-refractivity contribution is 7.89. The Labute approximate surface area is 161 Å². The molecule has 146 valence electrons. The summed E-state index contributed by atoms with van der Waals surface area (Å²) >= 11 is 1.59. The van der Waals surface area contributed by atoms with Gasteiger partial charge in [-0.1, -0.05) is 6.07 Å². The molecule has 1 amide bonds. The van der Waals surface area contributed by atoms with Gasteiger partial charge in [0.2, 0.25) is 15.9 Å². The predicted octanol–water partition coefficient (Wildman–Crippen LogP) is 1.59. The zero-order valence-corrected chi connectivity index (χ0v) is 16.2. The van der Waals surface area contributed by atoms with Crippen molar-refractivity contribution in [2.45, 2.75) is 17.7 Å². The lowest BCUT2D eigenvalue weighted by Gasteiger charge is -2.32. The van der Waals surface area contributed by atoms with Crippen LogP contribution in [0.3, 0.4) is 0 Å². The Morgan fingerprint density at radius 2 is 2.26 bits per heavy atom. The van der Waals surface area contributed by atoms with Crippen molar-refractivity contribution in [2.24, 2.45) is 5.92 Å². The third kappa shape index (κ3) is 5.47. The van der Waals surface area contributed by atoms with Crippen LogP contribution in [0.2, 0.25) is 0 Å². The van der Waals surface area contributed by atoms with Crippen molar-refractivity contribution >= 4 is 32.4 Å². The molecule has 2 N–H and O–H groups in total. The van der Waals surface area contributed by atoms with Gasteiger partial charge in [0, 0.05) is 31.2 Å². The van der Waals surface area contributed by atoms with Crippen molar-refractivity contribution in [1.29, 1.82) is 0 Å². The smallest absolute Gasteiger partial charge is 0.241 e. The summed E-state index contributed by atoms with van der Waals surface area (Å²) in [5, 5.41) is 5.69. The minimum absolute atomic E-state index is 0.207. The van der Waals surface area contributed by atoms with E-state index in [2.05, 4.69) is 19.9 Å². The number of carbonyl (C=O) groups excluding carboxylic acids is 1. The van der Waals surface area contributed by atoms with Crippen molar-refractivity contribution in [1.82, 2.24) is 15.0 Å². The SMILES string of the molecule is O=C(CNS(=O)(=O)c1cccc(F)c1)NCC1CCCN(c2nccs2)C1. The average molecular weight is 413 g/mol. The Morgan fingerprint density at radius 1 is 1.41 bits per heavy atom. The van der Waals surface area contributed by atoms with E-state index in [0.29, 0.717) is 6.54 Å². The van der Waals surface area contributed by atoms with Crippen molar-refractivity contribution < 1.29 is 17.6 Å². The van der Waals surface area contributed by atoms with Crippen molar-refractivity contribution in [3.63, 3.8) is 0 Å². The second kappa shape index (κ2) is 8.77. The average Bonchev–Trinajstić information content (AvgIpc) is 3.20. The van der Waals surface area contributed by atoms with Gasteiger partial charge in [0.05, 0.1) is 11.4 Å². The fourth-order valence-electron chi connectivity index (χ4n) is 2.98. The minimum Gasteiger partial charge on any atom is -0.355 e. The number of piperidine rings is 1. The first-order valence-electron chi connectivity index (χ1n) is 8.60. The van der Waals surface area contributed by atoms with Gasteiger partial charge < -0.3 is 10.2 Å². The molecule has 1 aliphatic heterocycles. The summed E-state index contributed by atoms with van der Waals surface area (Å²) in [6.45, 7) is 1.85. The van der Waals surface area contributed by atoms with Gasteiger partial charge in [-0.25, -0.2) is 22.5 Å². The van der Waals surface area contributed by atoms with E-state index in [1.165, 1.54) is 12.1 Å². The van der Waals surface area contributed by atoms with E-state index in [1.807, 2.05) is 5.38 Å². The molecule has 1 atom stereocenters. The fraction of sp³-hybridized carbons (Fsp3) is 0.412.